The van der Waals surface area contributed by atoms with Crippen LogP contribution in [0.4, 0.5) is 5.69 Å². The maximum atomic E-state index is 12.1. The predicted octanol–water partition coefficient (Wildman–Crippen LogP) is 3.79. The van der Waals surface area contributed by atoms with Gasteiger partial charge in [-0.2, -0.15) is 0 Å². The first-order valence-corrected chi connectivity index (χ1v) is 9.05. The minimum atomic E-state index is -3.49. The smallest absolute Gasteiger partial charge is 0.258 e. The topological polar surface area (TPSA) is 77.3 Å². The van der Waals surface area contributed by atoms with E-state index in [0.717, 1.165) is 8.98 Å². The molecule has 0 amide bonds. The maximum Gasteiger partial charge on any atom is 0.276 e. The molecule has 0 aromatic heterocycles. The summed E-state index contributed by atoms with van der Waals surface area (Å²) in [4.78, 5) is 10.4. The highest BCUT2D eigenvalue weighted by Crippen LogP contribution is 2.20. The summed E-state index contributed by atoms with van der Waals surface area (Å²) in [5.74, 6) is -0.138. The molecular weight excluding hydrogens is 417 g/mol. The Balaban J connectivity index is 2.21. The van der Waals surface area contributed by atoms with Crippen LogP contribution in [-0.2, 0) is 15.6 Å². The molecule has 0 fully saturated rings. The van der Waals surface area contributed by atoms with Crippen LogP contribution in [0, 0.1) is 13.7 Å². The zero-order valence-electron chi connectivity index (χ0n) is 11.3. The van der Waals surface area contributed by atoms with Gasteiger partial charge in [-0.15, -0.1) is 0 Å². The van der Waals surface area contributed by atoms with E-state index in [1.807, 2.05) is 12.1 Å². The summed E-state index contributed by atoms with van der Waals surface area (Å²) < 4.78 is 25.2. The van der Waals surface area contributed by atoms with Crippen molar-refractivity contribution in [2.24, 2.45) is 0 Å². The van der Waals surface area contributed by atoms with E-state index in [2.05, 4.69) is 22.6 Å². The summed E-state index contributed by atoms with van der Waals surface area (Å²) in [5, 5.41) is 11.9. The Hall–Kier alpha value is -1.74. The van der Waals surface area contributed by atoms with Crippen LogP contribution in [0.5, 0.6) is 0 Å². The maximum absolute atomic E-state index is 12.1. The minimum Gasteiger partial charge on any atom is -0.258 e. The molecule has 0 atom stereocenters. The average molecular weight is 429 g/mol. The number of nitro groups is 1. The van der Waals surface area contributed by atoms with Gasteiger partial charge in [-0.3, -0.25) is 10.1 Å². The van der Waals surface area contributed by atoms with Gasteiger partial charge in [0, 0.05) is 15.0 Å². The molecule has 0 saturated carbocycles. The highest BCUT2D eigenvalue weighted by atomic mass is 127. The van der Waals surface area contributed by atoms with Crippen LogP contribution in [0.2, 0.25) is 0 Å². The standard InChI is InChI=1S/C15H12INO4S/c16-14-7-5-12(6-8-14)11-22(20,21)10-9-13-3-1-2-4-15(13)17(18)19/h1-10H,11H2/b10-9+. The molecule has 22 heavy (non-hydrogen) atoms. The Kier molecular flexibility index (Phi) is 5.30. The molecule has 2 aromatic carbocycles. The first-order chi connectivity index (χ1) is 10.4. The molecule has 0 radical (unpaired) electrons. The van der Waals surface area contributed by atoms with Crippen molar-refractivity contribution in [2.75, 3.05) is 0 Å². The molecule has 5 nitrogen and oxygen atoms in total. The van der Waals surface area contributed by atoms with Crippen molar-refractivity contribution in [1.82, 2.24) is 0 Å². The lowest BCUT2D eigenvalue weighted by molar-refractivity contribution is -0.385. The largest absolute Gasteiger partial charge is 0.276 e. The van der Waals surface area contributed by atoms with E-state index in [9.17, 15) is 18.5 Å². The summed E-state index contributed by atoms with van der Waals surface area (Å²) in [7, 11) is -3.49. The second kappa shape index (κ2) is 7.01. The molecule has 114 valence electrons. The first-order valence-electron chi connectivity index (χ1n) is 6.26. The fraction of sp³-hybridized carbons (Fsp3) is 0.0667. The molecular formula is C15H12INO4S. The van der Waals surface area contributed by atoms with Crippen molar-refractivity contribution in [1.29, 1.82) is 0 Å². The van der Waals surface area contributed by atoms with Crippen LogP contribution in [0.25, 0.3) is 6.08 Å². The van der Waals surface area contributed by atoms with E-state index >= 15 is 0 Å². The summed E-state index contributed by atoms with van der Waals surface area (Å²) in [6.45, 7) is 0. The third kappa shape index (κ3) is 4.63. The Morgan fingerprint density at radius 3 is 2.36 bits per heavy atom. The number of benzene rings is 2. The Morgan fingerprint density at radius 2 is 1.73 bits per heavy atom. The van der Waals surface area contributed by atoms with E-state index < -0.39 is 14.8 Å². The van der Waals surface area contributed by atoms with Crippen LogP contribution in [0.3, 0.4) is 0 Å². The molecule has 0 saturated heterocycles. The fourth-order valence-electron chi connectivity index (χ4n) is 1.83. The zero-order chi connectivity index (χ0) is 16.2. The molecule has 7 heteroatoms. The number of halogens is 1. The number of para-hydroxylation sites is 1. The van der Waals surface area contributed by atoms with Crippen molar-refractivity contribution in [3.05, 3.63) is 78.8 Å². The Bertz CT molecular complexity index is 814. The van der Waals surface area contributed by atoms with Gasteiger partial charge < -0.3 is 0 Å². The minimum absolute atomic E-state index is 0.122. The summed E-state index contributed by atoms with van der Waals surface area (Å²) in [6, 6.07) is 13.2. The monoisotopic (exact) mass is 429 g/mol. The average Bonchev–Trinajstić information content (AvgIpc) is 2.48. The quantitative estimate of drug-likeness (QED) is 0.412. The number of rotatable bonds is 5. The molecule has 0 heterocycles. The van der Waals surface area contributed by atoms with E-state index in [-0.39, 0.29) is 17.0 Å². The molecule has 0 aliphatic heterocycles. The van der Waals surface area contributed by atoms with Crippen molar-refractivity contribution in [3.63, 3.8) is 0 Å². The lowest BCUT2D eigenvalue weighted by atomic mass is 10.2. The summed E-state index contributed by atoms with van der Waals surface area (Å²) in [5.41, 5.74) is 0.814. The van der Waals surface area contributed by atoms with Crippen LogP contribution in [0.15, 0.2) is 53.9 Å². The molecule has 0 spiro atoms. The second-order valence-corrected chi connectivity index (χ2v) is 7.68. The molecule has 0 unspecified atom stereocenters. The first kappa shape index (κ1) is 16.6. The number of nitrogens with zero attached hydrogens (tertiary/aromatic N) is 1. The predicted molar refractivity (Wildman–Crippen MR) is 93.9 cm³/mol. The van der Waals surface area contributed by atoms with Crippen molar-refractivity contribution >= 4 is 44.2 Å². The number of sulfone groups is 1. The van der Waals surface area contributed by atoms with Crippen LogP contribution < -0.4 is 0 Å². The normalized spacial score (nSPS) is 11.7. The molecule has 2 rings (SSSR count). The Labute approximate surface area is 141 Å². The summed E-state index contributed by atoms with van der Waals surface area (Å²) >= 11 is 2.14. The van der Waals surface area contributed by atoms with E-state index in [4.69, 9.17) is 0 Å². The van der Waals surface area contributed by atoms with Crippen molar-refractivity contribution in [2.45, 2.75) is 5.75 Å². The molecule has 0 bridgehead atoms. The van der Waals surface area contributed by atoms with Crippen LogP contribution >= 0.6 is 22.6 Å². The van der Waals surface area contributed by atoms with Crippen molar-refractivity contribution in [3.8, 4) is 0 Å². The van der Waals surface area contributed by atoms with Gasteiger partial charge in [0.25, 0.3) is 5.69 Å². The lowest BCUT2D eigenvalue weighted by Gasteiger charge is -2.01. The van der Waals surface area contributed by atoms with Gasteiger partial charge in [-0.05, 0) is 52.4 Å². The Morgan fingerprint density at radius 1 is 1.09 bits per heavy atom. The van der Waals surface area contributed by atoms with E-state index in [1.165, 1.54) is 24.3 Å². The number of nitro benzene ring substituents is 1. The fourth-order valence-corrected chi connectivity index (χ4v) is 3.30. The van der Waals surface area contributed by atoms with E-state index in [1.54, 1.807) is 18.2 Å². The SMILES string of the molecule is O=[N+]([O-])c1ccccc1/C=C/S(=O)(=O)Cc1ccc(I)cc1. The van der Waals surface area contributed by atoms with Crippen molar-refractivity contribution < 1.29 is 13.3 Å². The van der Waals surface area contributed by atoms with Gasteiger partial charge in [-0.25, -0.2) is 8.42 Å². The lowest BCUT2D eigenvalue weighted by Crippen LogP contribution is -2.00. The number of hydrogen-bond donors (Lipinski definition) is 0. The third-order valence-electron chi connectivity index (χ3n) is 2.87. The highest BCUT2D eigenvalue weighted by molar-refractivity contribution is 14.1. The van der Waals surface area contributed by atoms with Gasteiger partial charge in [0.15, 0.2) is 9.84 Å². The zero-order valence-corrected chi connectivity index (χ0v) is 14.3. The third-order valence-corrected chi connectivity index (χ3v) is 4.88. The molecule has 0 aliphatic rings. The van der Waals surface area contributed by atoms with Gasteiger partial charge in [0.1, 0.15) is 0 Å². The van der Waals surface area contributed by atoms with Crippen LogP contribution in [-0.4, -0.2) is 13.3 Å². The molecule has 0 aliphatic carbocycles. The highest BCUT2D eigenvalue weighted by Gasteiger charge is 2.12. The molecule has 2 aromatic rings. The second-order valence-electron chi connectivity index (χ2n) is 4.55. The van der Waals surface area contributed by atoms with E-state index in [0.29, 0.717) is 5.56 Å². The van der Waals surface area contributed by atoms with Gasteiger partial charge in [-0.1, -0.05) is 24.3 Å². The van der Waals surface area contributed by atoms with Gasteiger partial charge >= 0.3 is 0 Å². The van der Waals surface area contributed by atoms with Gasteiger partial charge in [0.05, 0.1) is 16.2 Å². The molecule has 0 N–H and O–H groups in total. The van der Waals surface area contributed by atoms with Gasteiger partial charge in [0.2, 0.25) is 0 Å². The van der Waals surface area contributed by atoms with Crippen LogP contribution in [0.1, 0.15) is 11.1 Å². The summed E-state index contributed by atoms with van der Waals surface area (Å²) in [6.07, 6.45) is 1.26. The number of hydrogen-bond acceptors (Lipinski definition) is 4.